The highest BCUT2D eigenvalue weighted by molar-refractivity contribution is 7.89. The highest BCUT2D eigenvalue weighted by atomic mass is 35.5. The molecule has 0 bridgehead atoms. The zero-order chi connectivity index (χ0) is 25.0. The number of imidazole rings is 1. The van der Waals surface area contributed by atoms with E-state index in [0.29, 0.717) is 12.1 Å². The van der Waals surface area contributed by atoms with Gasteiger partial charge in [0.1, 0.15) is 0 Å². The fraction of sp³-hybridized carbons (Fsp3) is 0.375. The summed E-state index contributed by atoms with van der Waals surface area (Å²) in [6.07, 6.45) is -0.525. The number of sulfonamides is 1. The topological polar surface area (TPSA) is 67.2 Å². The molecule has 0 spiro atoms. The Balaban J connectivity index is 1.47. The zero-order valence-electron chi connectivity index (χ0n) is 18.8. The maximum atomic E-state index is 13.6. The quantitative estimate of drug-likeness (QED) is 0.531. The molecule has 186 valence electrons. The van der Waals surface area contributed by atoms with E-state index in [4.69, 9.17) is 11.6 Å². The summed E-state index contributed by atoms with van der Waals surface area (Å²) in [7, 11) is -2.21. The van der Waals surface area contributed by atoms with Crippen molar-refractivity contribution >= 4 is 21.6 Å². The van der Waals surface area contributed by atoms with Gasteiger partial charge in [0, 0.05) is 37.3 Å². The van der Waals surface area contributed by atoms with Crippen LogP contribution < -0.4 is 5.32 Å². The average molecular weight is 525 g/mol. The Labute approximate surface area is 206 Å². The lowest BCUT2D eigenvalue weighted by atomic mass is 9.76. The van der Waals surface area contributed by atoms with Gasteiger partial charge < -0.3 is 4.57 Å². The van der Waals surface area contributed by atoms with Gasteiger partial charge in [-0.3, -0.25) is 5.32 Å². The van der Waals surface area contributed by atoms with Gasteiger partial charge >= 0.3 is 6.18 Å². The maximum Gasteiger partial charge on any atom is 0.416 e. The largest absolute Gasteiger partial charge is 0.416 e. The molecule has 1 N–H and O–H groups in total. The van der Waals surface area contributed by atoms with E-state index in [9.17, 15) is 21.6 Å². The van der Waals surface area contributed by atoms with Crippen LogP contribution in [0.25, 0.3) is 0 Å². The third-order valence-corrected chi connectivity index (χ3v) is 9.03. The first-order chi connectivity index (χ1) is 16.6. The van der Waals surface area contributed by atoms with Crippen LogP contribution in [0, 0.1) is 5.92 Å². The van der Waals surface area contributed by atoms with Crippen molar-refractivity contribution in [3.63, 3.8) is 0 Å². The lowest BCUT2D eigenvalue weighted by Crippen LogP contribution is -2.47. The van der Waals surface area contributed by atoms with Crippen LogP contribution in [0.5, 0.6) is 0 Å². The Morgan fingerprint density at radius 1 is 1.20 bits per heavy atom. The van der Waals surface area contributed by atoms with Crippen LogP contribution in [0.15, 0.2) is 60.0 Å². The Kier molecular flexibility index (Phi) is 6.19. The molecule has 3 aromatic rings. The SMILES string of the molecule is Cn1cnc(S(=O)(=O)N2CC3c4ccccc4CCC3[C@H]2NCc2ccc(C(F)(F)F)cc2Cl)c1. The molecule has 1 aliphatic heterocycles. The molecule has 2 aromatic carbocycles. The minimum absolute atomic E-state index is 0.000912. The van der Waals surface area contributed by atoms with Crippen molar-refractivity contribution in [3.05, 3.63) is 82.3 Å². The predicted octanol–water partition coefficient (Wildman–Crippen LogP) is 4.56. The molecule has 0 amide bonds. The number of nitrogens with zero attached hydrogens (tertiary/aromatic N) is 3. The zero-order valence-corrected chi connectivity index (χ0v) is 20.4. The predicted molar refractivity (Wildman–Crippen MR) is 125 cm³/mol. The molecule has 1 aliphatic carbocycles. The number of alkyl halides is 3. The minimum atomic E-state index is -4.49. The first kappa shape index (κ1) is 24.3. The molecule has 11 heteroatoms. The summed E-state index contributed by atoms with van der Waals surface area (Å²) >= 11 is 6.17. The first-order valence-corrected chi connectivity index (χ1v) is 13.0. The van der Waals surface area contributed by atoms with Crippen molar-refractivity contribution < 1.29 is 21.6 Å². The van der Waals surface area contributed by atoms with E-state index in [2.05, 4.69) is 16.4 Å². The number of hydrogen-bond acceptors (Lipinski definition) is 4. The highest BCUT2D eigenvalue weighted by Gasteiger charge is 2.49. The van der Waals surface area contributed by atoms with Crippen LogP contribution in [-0.2, 0) is 36.2 Å². The van der Waals surface area contributed by atoms with Gasteiger partial charge in [-0.15, -0.1) is 0 Å². The summed E-state index contributed by atoms with van der Waals surface area (Å²) in [5, 5.41) is 3.25. The number of aryl methyl sites for hydroxylation is 2. The Hall–Kier alpha value is -2.40. The summed E-state index contributed by atoms with van der Waals surface area (Å²) in [6, 6.07) is 11.3. The number of halogens is 4. The monoisotopic (exact) mass is 524 g/mol. The van der Waals surface area contributed by atoms with Crippen molar-refractivity contribution in [2.24, 2.45) is 13.0 Å². The molecule has 0 saturated carbocycles. The second kappa shape index (κ2) is 8.92. The van der Waals surface area contributed by atoms with Gasteiger partial charge in [0.2, 0.25) is 0 Å². The van der Waals surface area contributed by atoms with E-state index in [-0.39, 0.29) is 28.4 Å². The van der Waals surface area contributed by atoms with Crippen molar-refractivity contribution in [3.8, 4) is 0 Å². The van der Waals surface area contributed by atoms with Gasteiger partial charge in [-0.1, -0.05) is 41.9 Å². The number of benzene rings is 2. The normalized spacial score (nSPS) is 22.7. The summed E-state index contributed by atoms with van der Waals surface area (Å²) in [6.45, 7) is 0.416. The number of rotatable bonds is 5. The molecule has 2 aliphatic rings. The highest BCUT2D eigenvalue weighted by Crippen LogP contribution is 2.46. The van der Waals surface area contributed by atoms with Crippen LogP contribution >= 0.6 is 11.6 Å². The van der Waals surface area contributed by atoms with Crippen molar-refractivity contribution in [2.75, 3.05) is 6.54 Å². The lowest BCUT2D eigenvalue weighted by Gasteiger charge is -2.32. The average Bonchev–Trinajstić information content (AvgIpc) is 3.42. The molecule has 1 saturated heterocycles. The van der Waals surface area contributed by atoms with E-state index in [1.54, 1.807) is 11.6 Å². The van der Waals surface area contributed by atoms with Gasteiger partial charge in [0.05, 0.1) is 18.1 Å². The van der Waals surface area contributed by atoms with Crippen LogP contribution in [0.2, 0.25) is 5.02 Å². The Morgan fingerprint density at radius 2 is 1.97 bits per heavy atom. The second-order valence-corrected chi connectivity index (χ2v) is 11.3. The van der Waals surface area contributed by atoms with Gasteiger partial charge in [-0.05, 0) is 47.6 Å². The molecule has 0 radical (unpaired) electrons. The van der Waals surface area contributed by atoms with Crippen LogP contribution in [0.3, 0.4) is 0 Å². The minimum Gasteiger partial charge on any atom is -0.339 e. The van der Waals surface area contributed by atoms with Crippen molar-refractivity contribution in [1.82, 2.24) is 19.2 Å². The van der Waals surface area contributed by atoms with Crippen molar-refractivity contribution in [1.29, 1.82) is 0 Å². The molecular formula is C24H24ClF3N4O2S. The molecule has 1 aromatic heterocycles. The van der Waals surface area contributed by atoms with Gasteiger partial charge in [0.25, 0.3) is 10.0 Å². The van der Waals surface area contributed by atoms with Crippen LogP contribution in [0.1, 0.15) is 34.6 Å². The van der Waals surface area contributed by atoms with Gasteiger partial charge in [0.15, 0.2) is 5.03 Å². The molecule has 2 heterocycles. The van der Waals surface area contributed by atoms with E-state index in [0.717, 1.165) is 30.5 Å². The summed E-state index contributed by atoms with van der Waals surface area (Å²) in [5.74, 6) is -0.00405. The molecule has 3 atom stereocenters. The Morgan fingerprint density at radius 3 is 2.66 bits per heavy atom. The summed E-state index contributed by atoms with van der Waals surface area (Å²) in [5.41, 5.74) is 2.00. The van der Waals surface area contributed by atoms with E-state index < -0.39 is 27.9 Å². The van der Waals surface area contributed by atoms with E-state index >= 15 is 0 Å². The number of nitrogens with one attached hydrogen (secondary N) is 1. The number of aromatic nitrogens is 2. The maximum absolute atomic E-state index is 13.6. The molecule has 6 nitrogen and oxygen atoms in total. The van der Waals surface area contributed by atoms with Crippen LogP contribution in [-0.4, -0.2) is 35.0 Å². The third kappa shape index (κ3) is 4.48. The Bertz CT molecular complexity index is 1360. The molecular weight excluding hydrogens is 501 g/mol. The third-order valence-electron chi connectivity index (χ3n) is 6.95. The van der Waals surface area contributed by atoms with Crippen molar-refractivity contribution in [2.45, 2.75) is 42.7 Å². The fourth-order valence-electron chi connectivity index (χ4n) is 5.23. The molecule has 1 fully saturated rings. The van der Waals surface area contributed by atoms with E-state index in [1.165, 1.54) is 28.5 Å². The van der Waals surface area contributed by atoms with E-state index in [1.807, 2.05) is 18.2 Å². The number of hydrogen-bond donors (Lipinski definition) is 1. The molecule has 35 heavy (non-hydrogen) atoms. The summed E-state index contributed by atoms with van der Waals surface area (Å²) < 4.78 is 69.3. The standard InChI is InChI=1S/C24H24ClF3N4O2S/c1-31-13-22(30-14-31)35(33,34)32-12-20-18-5-3-2-4-15(18)7-9-19(20)23(32)29-11-16-6-8-17(10-21(16)25)24(26,27)28/h2-6,8,10,13-14,19-20,23,29H,7,9,11-12H2,1H3/t19?,20?,23-/m0/s1. The molecule has 2 unspecified atom stereocenters. The number of fused-ring (bicyclic) bond motifs is 3. The smallest absolute Gasteiger partial charge is 0.339 e. The van der Waals surface area contributed by atoms with Crippen LogP contribution in [0.4, 0.5) is 13.2 Å². The second-order valence-electron chi connectivity index (χ2n) is 9.09. The van der Waals surface area contributed by atoms with Gasteiger partial charge in [-0.2, -0.15) is 17.5 Å². The van der Waals surface area contributed by atoms with Gasteiger partial charge in [-0.25, -0.2) is 13.4 Å². The first-order valence-electron chi connectivity index (χ1n) is 11.2. The lowest BCUT2D eigenvalue weighted by molar-refractivity contribution is -0.137. The summed E-state index contributed by atoms with van der Waals surface area (Å²) in [4.78, 5) is 4.07. The molecule has 5 rings (SSSR count). The fourth-order valence-corrected chi connectivity index (χ4v) is 7.09.